The molecule has 4 N–H and O–H groups in total. The summed E-state index contributed by atoms with van der Waals surface area (Å²) in [5.74, 6) is -0.0321. The van der Waals surface area contributed by atoms with Crippen LogP contribution in [-0.2, 0) is 0 Å². The minimum absolute atomic E-state index is 0.0135. The third-order valence-electron chi connectivity index (χ3n) is 3.48. The fourth-order valence-electron chi connectivity index (χ4n) is 2.32. The van der Waals surface area contributed by atoms with E-state index in [0.717, 1.165) is 17.1 Å². The number of H-pyrrole nitrogens is 2. The highest BCUT2D eigenvalue weighted by atomic mass is 32.1. The summed E-state index contributed by atoms with van der Waals surface area (Å²) in [7, 11) is 0. The van der Waals surface area contributed by atoms with E-state index >= 15 is 0 Å². The van der Waals surface area contributed by atoms with Gasteiger partial charge in [0.25, 0.3) is 11.5 Å². The van der Waals surface area contributed by atoms with E-state index in [1.54, 1.807) is 0 Å². The van der Waals surface area contributed by atoms with Crippen molar-refractivity contribution in [2.75, 3.05) is 5.32 Å². The number of guanidine groups is 1. The molecule has 2 heterocycles. The molecule has 0 spiro atoms. The van der Waals surface area contributed by atoms with Crippen LogP contribution in [0.2, 0.25) is 0 Å². The lowest BCUT2D eigenvalue weighted by atomic mass is 10.3. The molecule has 10 heteroatoms. The lowest BCUT2D eigenvalue weighted by Crippen LogP contribution is -2.15. The van der Waals surface area contributed by atoms with Crippen molar-refractivity contribution < 1.29 is 5.11 Å². The summed E-state index contributed by atoms with van der Waals surface area (Å²) >= 11 is 4.81. The maximum absolute atomic E-state index is 12.0. The summed E-state index contributed by atoms with van der Waals surface area (Å²) in [5.41, 5.74) is 1.59. The maximum atomic E-state index is 12.0. The zero-order chi connectivity index (χ0) is 20.1. The molecule has 0 amide bonds. The Hall–Kier alpha value is -3.66. The van der Waals surface area contributed by atoms with Gasteiger partial charge in [-0.1, -0.05) is 18.2 Å². The number of nitrogens with zero attached hydrogens (tertiary/aromatic N) is 4. The minimum atomic E-state index is -0.577. The molecule has 3 aromatic rings. The van der Waals surface area contributed by atoms with Gasteiger partial charge in [-0.2, -0.15) is 4.99 Å². The van der Waals surface area contributed by atoms with Gasteiger partial charge in [-0.05, 0) is 44.3 Å². The molecule has 9 nitrogen and oxygen atoms in total. The van der Waals surface area contributed by atoms with Gasteiger partial charge in [0.05, 0.1) is 0 Å². The molecule has 0 aliphatic carbocycles. The van der Waals surface area contributed by atoms with Crippen LogP contribution < -0.4 is 10.9 Å². The largest absolute Gasteiger partial charge is 0.494 e. The summed E-state index contributed by atoms with van der Waals surface area (Å²) in [6.45, 7) is 3.68. The minimum Gasteiger partial charge on any atom is -0.494 e. The number of rotatable bonds is 3. The third kappa shape index (κ3) is 4.95. The van der Waals surface area contributed by atoms with Crippen LogP contribution in [0.15, 0.2) is 51.2 Å². The fourth-order valence-corrected chi connectivity index (χ4v) is 2.51. The van der Waals surface area contributed by atoms with Gasteiger partial charge in [-0.25, -0.2) is 15.0 Å². The number of hydrogen-bond acceptors (Lipinski definition) is 6. The van der Waals surface area contributed by atoms with Crippen LogP contribution in [0.4, 0.5) is 11.6 Å². The van der Waals surface area contributed by atoms with Crippen LogP contribution in [0.25, 0.3) is 0 Å². The number of hydrogen-bond donors (Lipinski definition) is 4. The van der Waals surface area contributed by atoms with Crippen molar-refractivity contribution in [3.8, 4) is 5.88 Å². The van der Waals surface area contributed by atoms with Crippen molar-refractivity contribution in [2.45, 2.75) is 13.8 Å². The molecule has 142 valence electrons. The summed E-state index contributed by atoms with van der Waals surface area (Å²) in [5, 5.41) is 13.0. The normalized spacial score (nSPS) is 11.7. The molecular formula is C18H17N7O2S. The first-order valence-electron chi connectivity index (χ1n) is 8.23. The van der Waals surface area contributed by atoms with Crippen LogP contribution in [0.3, 0.4) is 0 Å². The van der Waals surface area contributed by atoms with Crippen LogP contribution >= 0.6 is 12.2 Å². The van der Waals surface area contributed by atoms with Crippen molar-refractivity contribution in [3.05, 3.63) is 68.5 Å². The van der Waals surface area contributed by atoms with Gasteiger partial charge in [-0.3, -0.25) is 9.78 Å². The molecule has 2 aromatic heterocycles. The van der Waals surface area contributed by atoms with Gasteiger partial charge in [0.15, 0.2) is 4.77 Å². The number of aromatic hydroxyl groups is 1. The average Bonchev–Trinajstić information content (AvgIpc) is 2.60. The Labute approximate surface area is 165 Å². The van der Waals surface area contributed by atoms with Gasteiger partial charge < -0.3 is 15.4 Å². The van der Waals surface area contributed by atoms with Crippen LogP contribution in [0.1, 0.15) is 17.0 Å². The lowest BCUT2D eigenvalue weighted by Gasteiger charge is -2.06. The second-order valence-electron chi connectivity index (χ2n) is 5.81. The van der Waals surface area contributed by atoms with E-state index in [0.29, 0.717) is 0 Å². The van der Waals surface area contributed by atoms with E-state index in [-0.39, 0.29) is 28.1 Å². The van der Waals surface area contributed by atoms with E-state index < -0.39 is 5.56 Å². The summed E-state index contributed by atoms with van der Waals surface area (Å²) < 4.78 is 0.0135. The SMILES string of the molecule is Cc1cc(C)nc(/N=C(/N=C/c2c(O)[nH]c(=S)[nH]c2=O)Nc2ccccc2)n1. The Balaban J connectivity index is 2.02. The van der Waals surface area contributed by atoms with E-state index in [1.165, 1.54) is 6.21 Å². The predicted octanol–water partition coefficient (Wildman–Crippen LogP) is 2.76. The van der Waals surface area contributed by atoms with E-state index in [9.17, 15) is 9.90 Å². The van der Waals surface area contributed by atoms with E-state index in [4.69, 9.17) is 12.2 Å². The van der Waals surface area contributed by atoms with Crippen molar-refractivity contribution >= 4 is 36.0 Å². The summed E-state index contributed by atoms with van der Waals surface area (Å²) in [6.07, 6.45) is 1.18. The Morgan fingerprint density at radius 1 is 1.18 bits per heavy atom. The Kier molecular flexibility index (Phi) is 5.70. The second kappa shape index (κ2) is 8.35. The highest BCUT2D eigenvalue weighted by molar-refractivity contribution is 7.71. The van der Waals surface area contributed by atoms with Gasteiger partial charge in [0.1, 0.15) is 5.56 Å². The molecule has 0 aliphatic rings. The van der Waals surface area contributed by atoms with Gasteiger partial charge in [-0.15, -0.1) is 0 Å². The van der Waals surface area contributed by atoms with Gasteiger partial charge in [0.2, 0.25) is 11.8 Å². The molecule has 0 atom stereocenters. The number of anilines is 1. The monoisotopic (exact) mass is 395 g/mol. The zero-order valence-corrected chi connectivity index (χ0v) is 15.9. The molecule has 1 aromatic carbocycles. The van der Waals surface area contributed by atoms with E-state index in [2.05, 4.69) is 35.2 Å². The standard InChI is InChI=1S/C18H17N7O2S/c1-10-8-11(2)21-17(20-10)25-16(22-12-6-4-3-5-7-12)19-9-13-14(26)23-18(28)24-15(13)27/h3-9H,1-2H3,(H,20,21,22,25)(H3,23,24,26,27,28)/b19-9+. The first-order valence-corrected chi connectivity index (χ1v) is 8.64. The Morgan fingerprint density at radius 2 is 1.86 bits per heavy atom. The average molecular weight is 395 g/mol. The van der Waals surface area contributed by atoms with Crippen molar-refractivity contribution in [2.24, 2.45) is 9.98 Å². The molecule has 0 saturated carbocycles. The first kappa shape index (κ1) is 19.1. The lowest BCUT2D eigenvalue weighted by molar-refractivity contribution is 0.449. The molecule has 0 fully saturated rings. The number of nitrogens with one attached hydrogen (secondary N) is 3. The molecule has 0 aliphatic heterocycles. The summed E-state index contributed by atoms with van der Waals surface area (Å²) in [4.78, 5) is 33.9. The smallest absolute Gasteiger partial charge is 0.264 e. The van der Waals surface area contributed by atoms with Crippen LogP contribution in [0, 0.1) is 18.6 Å². The van der Waals surface area contributed by atoms with Crippen LogP contribution in [0.5, 0.6) is 5.88 Å². The number of aromatic amines is 2. The van der Waals surface area contributed by atoms with Gasteiger partial charge >= 0.3 is 0 Å². The van der Waals surface area contributed by atoms with Crippen molar-refractivity contribution in [3.63, 3.8) is 0 Å². The topological polar surface area (TPSA) is 131 Å². The van der Waals surface area contributed by atoms with E-state index in [1.807, 2.05) is 50.2 Å². The number of aliphatic imine (C=N–C) groups is 2. The molecular weight excluding hydrogens is 378 g/mol. The quantitative estimate of drug-likeness (QED) is 0.306. The Morgan fingerprint density at radius 3 is 2.50 bits per heavy atom. The molecule has 0 bridgehead atoms. The van der Waals surface area contributed by atoms with Crippen molar-refractivity contribution in [1.29, 1.82) is 0 Å². The van der Waals surface area contributed by atoms with Crippen LogP contribution in [-0.4, -0.2) is 37.2 Å². The molecule has 0 radical (unpaired) electrons. The molecule has 0 unspecified atom stereocenters. The zero-order valence-electron chi connectivity index (χ0n) is 15.1. The molecule has 3 rings (SSSR count). The highest BCUT2D eigenvalue weighted by Gasteiger charge is 2.07. The number of aromatic nitrogens is 4. The van der Waals surface area contributed by atoms with Gasteiger partial charge in [0, 0.05) is 23.3 Å². The molecule has 28 heavy (non-hydrogen) atoms. The van der Waals surface area contributed by atoms with Crippen molar-refractivity contribution in [1.82, 2.24) is 19.9 Å². The fraction of sp³-hybridized carbons (Fsp3) is 0.111. The summed E-state index contributed by atoms with van der Waals surface area (Å²) in [6, 6.07) is 11.1. The first-order chi connectivity index (χ1) is 13.4. The maximum Gasteiger partial charge on any atom is 0.264 e. The number of benzene rings is 1. The number of para-hydroxylation sites is 1. The second-order valence-corrected chi connectivity index (χ2v) is 6.21. The number of aryl methyl sites for hydroxylation is 2. The molecule has 0 saturated heterocycles. The predicted molar refractivity (Wildman–Crippen MR) is 110 cm³/mol. The highest BCUT2D eigenvalue weighted by Crippen LogP contribution is 2.11. The Bertz CT molecular complexity index is 1150. The third-order valence-corrected chi connectivity index (χ3v) is 3.69.